The molecule has 0 spiro atoms. The molecule has 4 rings (SSSR count). The quantitative estimate of drug-likeness (QED) is 0.793. The van der Waals surface area contributed by atoms with Crippen molar-refractivity contribution in [3.05, 3.63) is 54.2 Å². The van der Waals surface area contributed by atoms with Gasteiger partial charge in [0.15, 0.2) is 5.82 Å². The molecular weight excluding hydrogens is 311 g/mol. The molecule has 122 valence electrons. The van der Waals surface area contributed by atoms with Gasteiger partial charge in [0.25, 0.3) is 5.95 Å². The highest BCUT2D eigenvalue weighted by atomic mass is 19.1. The monoisotopic (exact) mass is 326 g/mol. The minimum absolute atomic E-state index is 0.244. The summed E-state index contributed by atoms with van der Waals surface area (Å²) in [5, 5.41) is 11.1. The Kier molecular flexibility index (Phi) is 3.19. The lowest BCUT2D eigenvalue weighted by molar-refractivity contribution is -0.118. The average Bonchev–Trinajstić information content (AvgIpc) is 3.05. The van der Waals surface area contributed by atoms with Gasteiger partial charge in [-0.05, 0) is 18.9 Å². The minimum atomic E-state index is -0.793. The summed E-state index contributed by atoms with van der Waals surface area (Å²) in [5.74, 6) is 0.198. The van der Waals surface area contributed by atoms with Crippen LogP contribution in [-0.2, 0) is 17.3 Å². The first-order valence-electron chi connectivity index (χ1n) is 7.57. The van der Waals surface area contributed by atoms with Crippen LogP contribution in [0.1, 0.15) is 18.4 Å². The Morgan fingerprint density at radius 2 is 2.04 bits per heavy atom. The van der Waals surface area contributed by atoms with E-state index in [4.69, 9.17) is 0 Å². The topological polar surface area (TPSA) is 77.6 Å². The number of hydrogen-bond donors (Lipinski definition) is 1. The molecule has 3 aromatic rings. The van der Waals surface area contributed by atoms with Crippen LogP contribution in [0.15, 0.2) is 42.9 Å². The van der Waals surface area contributed by atoms with Crippen LogP contribution in [0.25, 0.3) is 5.95 Å². The molecule has 0 saturated heterocycles. The number of anilines is 1. The average molecular weight is 326 g/mol. The van der Waals surface area contributed by atoms with Crippen LogP contribution in [0.5, 0.6) is 0 Å². The lowest BCUT2D eigenvalue weighted by Crippen LogP contribution is -2.29. The highest BCUT2D eigenvalue weighted by Crippen LogP contribution is 2.49. The predicted octanol–water partition coefficient (Wildman–Crippen LogP) is 1.81. The van der Waals surface area contributed by atoms with E-state index in [1.165, 1.54) is 10.7 Å². The molecule has 2 heterocycles. The third-order valence-corrected chi connectivity index (χ3v) is 4.20. The van der Waals surface area contributed by atoms with E-state index in [-0.39, 0.29) is 11.7 Å². The molecular formula is C16H15FN6O. The van der Waals surface area contributed by atoms with E-state index in [9.17, 15) is 9.18 Å². The van der Waals surface area contributed by atoms with E-state index in [1.807, 2.05) is 0 Å². The van der Waals surface area contributed by atoms with Gasteiger partial charge in [0, 0.05) is 24.9 Å². The maximum Gasteiger partial charge on any atom is 0.269 e. The Hall–Kier alpha value is -3.03. The zero-order valence-corrected chi connectivity index (χ0v) is 13.0. The molecule has 0 radical (unpaired) electrons. The van der Waals surface area contributed by atoms with Gasteiger partial charge in [0.05, 0.1) is 5.41 Å². The summed E-state index contributed by atoms with van der Waals surface area (Å²) >= 11 is 0. The summed E-state index contributed by atoms with van der Waals surface area (Å²) in [4.78, 5) is 16.7. The third kappa shape index (κ3) is 2.36. The number of nitrogens with one attached hydrogen (secondary N) is 1. The maximum atomic E-state index is 14.0. The smallest absolute Gasteiger partial charge is 0.269 e. The van der Waals surface area contributed by atoms with Crippen LogP contribution < -0.4 is 5.32 Å². The van der Waals surface area contributed by atoms with Crippen molar-refractivity contribution in [1.82, 2.24) is 24.5 Å². The molecule has 7 nitrogen and oxygen atoms in total. The maximum absolute atomic E-state index is 14.0. The van der Waals surface area contributed by atoms with E-state index in [0.29, 0.717) is 30.2 Å². The number of carbonyl (C=O) groups excluding carboxylic acids is 1. The number of rotatable bonds is 4. The lowest BCUT2D eigenvalue weighted by atomic mass is 9.94. The summed E-state index contributed by atoms with van der Waals surface area (Å²) < 4.78 is 17.1. The molecule has 0 aliphatic heterocycles. The van der Waals surface area contributed by atoms with Crippen molar-refractivity contribution in [3.8, 4) is 5.95 Å². The van der Waals surface area contributed by atoms with Crippen LogP contribution in [0.3, 0.4) is 0 Å². The first-order chi connectivity index (χ1) is 11.6. The van der Waals surface area contributed by atoms with Gasteiger partial charge in [0.1, 0.15) is 12.1 Å². The van der Waals surface area contributed by atoms with Crippen LogP contribution in [-0.4, -0.2) is 30.5 Å². The van der Waals surface area contributed by atoms with E-state index < -0.39 is 5.41 Å². The Bertz CT molecular complexity index is 911. The number of aromatic nitrogens is 5. The van der Waals surface area contributed by atoms with E-state index in [1.54, 1.807) is 48.5 Å². The van der Waals surface area contributed by atoms with Crippen molar-refractivity contribution in [2.24, 2.45) is 7.05 Å². The molecule has 0 bridgehead atoms. The fourth-order valence-corrected chi connectivity index (χ4v) is 2.76. The van der Waals surface area contributed by atoms with Crippen molar-refractivity contribution in [2.75, 3.05) is 5.32 Å². The first kappa shape index (κ1) is 14.6. The molecule has 1 aliphatic carbocycles. The SMILES string of the molecule is Cn1cnc(-n2ccc(NC(=O)C3(c4ccccc4F)CC3)n2)n1. The molecule has 1 aromatic carbocycles. The van der Waals surface area contributed by atoms with Crippen molar-refractivity contribution in [1.29, 1.82) is 0 Å². The number of amides is 1. The summed E-state index contributed by atoms with van der Waals surface area (Å²) in [5.41, 5.74) is -0.355. The van der Waals surface area contributed by atoms with Gasteiger partial charge >= 0.3 is 0 Å². The van der Waals surface area contributed by atoms with Crippen LogP contribution >= 0.6 is 0 Å². The third-order valence-electron chi connectivity index (χ3n) is 4.20. The molecule has 2 aromatic heterocycles. The fourth-order valence-electron chi connectivity index (χ4n) is 2.76. The van der Waals surface area contributed by atoms with E-state index in [2.05, 4.69) is 20.5 Å². The van der Waals surface area contributed by atoms with Crippen molar-refractivity contribution in [3.63, 3.8) is 0 Å². The molecule has 1 fully saturated rings. The standard InChI is InChI=1S/C16H15FN6O/c1-22-10-18-15(21-22)23-9-6-13(20-23)19-14(24)16(7-8-16)11-4-2-3-5-12(11)17/h2-6,9-10H,7-8H2,1H3,(H,19,20,24). The van der Waals surface area contributed by atoms with E-state index in [0.717, 1.165) is 0 Å². The van der Waals surface area contributed by atoms with Crippen molar-refractivity contribution in [2.45, 2.75) is 18.3 Å². The molecule has 1 amide bonds. The van der Waals surface area contributed by atoms with Gasteiger partial charge in [-0.1, -0.05) is 18.2 Å². The zero-order chi connectivity index (χ0) is 16.7. The highest BCUT2D eigenvalue weighted by Gasteiger charge is 2.52. The Labute approximate surface area is 137 Å². The molecule has 0 atom stereocenters. The van der Waals surface area contributed by atoms with Gasteiger partial charge in [-0.3, -0.25) is 9.48 Å². The molecule has 0 unspecified atom stereocenters. The second-order valence-electron chi connectivity index (χ2n) is 5.88. The lowest BCUT2D eigenvalue weighted by Gasteiger charge is -2.15. The number of hydrogen-bond acceptors (Lipinski definition) is 4. The number of carbonyl (C=O) groups is 1. The highest BCUT2D eigenvalue weighted by molar-refractivity contribution is 6.00. The van der Waals surface area contributed by atoms with Crippen LogP contribution in [0, 0.1) is 5.82 Å². The second-order valence-corrected chi connectivity index (χ2v) is 5.88. The van der Waals surface area contributed by atoms with Gasteiger partial charge in [-0.15, -0.1) is 10.2 Å². The van der Waals surface area contributed by atoms with Gasteiger partial charge in [0.2, 0.25) is 5.91 Å². The molecule has 1 N–H and O–H groups in total. The van der Waals surface area contributed by atoms with Crippen molar-refractivity contribution < 1.29 is 9.18 Å². The second kappa shape index (κ2) is 5.26. The molecule has 8 heteroatoms. The minimum Gasteiger partial charge on any atom is -0.308 e. The zero-order valence-electron chi connectivity index (χ0n) is 13.0. The summed E-state index contributed by atoms with van der Waals surface area (Å²) in [6, 6.07) is 8.07. The normalized spacial score (nSPS) is 15.2. The largest absolute Gasteiger partial charge is 0.308 e. The first-order valence-corrected chi connectivity index (χ1v) is 7.57. The van der Waals surface area contributed by atoms with E-state index >= 15 is 0 Å². The number of benzene rings is 1. The Balaban J connectivity index is 1.55. The van der Waals surface area contributed by atoms with Gasteiger partial charge in [-0.2, -0.15) is 4.98 Å². The molecule has 24 heavy (non-hydrogen) atoms. The predicted molar refractivity (Wildman–Crippen MR) is 84.1 cm³/mol. The Morgan fingerprint density at radius 1 is 1.25 bits per heavy atom. The summed E-state index contributed by atoms with van der Waals surface area (Å²) in [7, 11) is 1.76. The van der Waals surface area contributed by atoms with Crippen LogP contribution in [0.2, 0.25) is 0 Å². The Morgan fingerprint density at radius 3 is 2.71 bits per heavy atom. The summed E-state index contributed by atoms with van der Waals surface area (Å²) in [6.07, 6.45) is 4.48. The van der Waals surface area contributed by atoms with Crippen molar-refractivity contribution >= 4 is 11.7 Å². The fraction of sp³-hybridized carbons (Fsp3) is 0.250. The van der Waals surface area contributed by atoms with Crippen LogP contribution in [0.4, 0.5) is 10.2 Å². The number of aryl methyl sites for hydroxylation is 1. The van der Waals surface area contributed by atoms with Gasteiger partial charge in [-0.25, -0.2) is 9.07 Å². The molecule has 1 aliphatic rings. The molecule has 1 saturated carbocycles. The summed E-state index contributed by atoms with van der Waals surface area (Å²) in [6.45, 7) is 0. The van der Waals surface area contributed by atoms with Gasteiger partial charge < -0.3 is 5.32 Å². The number of nitrogens with zero attached hydrogens (tertiary/aromatic N) is 5. The number of halogens is 1.